The second-order valence-electron chi connectivity index (χ2n) is 12.8. The molecule has 4 aromatic rings. The Balaban J connectivity index is 1.19. The van der Waals surface area contributed by atoms with Gasteiger partial charge in [-0.3, -0.25) is 14.4 Å². The number of hydrogen-bond acceptors (Lipinski definition) is 7. The lowest BCUT2D eigenvalue weighted by atomic mass is 10.0. The molecule has 44 heavy (non-hydrogen) atoms. The molecule has 0 saturated carbocycles. The van der Waals surface area contributed by atoms with E-state index in [1.165, 1.54) is 0 Å². The largest absolute Gasteiger partial charge is 0.497 e. The summed E-state index contributed by atoms with van der Waals surface area (Å²) in [6.45, 7) is 13.0. The number of carbonyl (C=O) groups is 1. The highest BCUT2D eigenvalue weighted by Gasteiger charge is 2.35. The summed E-state index contributed by atoms with van der Waals surface area (Å²) < 4.78 is 15.1. The van der Waals surface area contributed by atoms with Gasteiger partial charge in [0.05, 0.1) is 47.8 Å². The smallest absolute Gasteiger partial charge is 0.257 e. The summed E-state index contributed by atoms with van der Waals surface area (Å²) in [6, 6.07) is 13.7. The number of carbonyl (C=O) groups excluding carboxylic acids is 1. The van der Waals surface area contributed by atoms with Crippen LogP contribution in [-0.2, 0) is 12.1 Å². The molecule has 2 aromatic heterocycles. The summed E-state index contributed by atoms with van der Waals surface area (Å²) in [7, 11) is 1.67. The Morgan fingerprint density at radius 1 is 1.09 bits per heavy atom. The summed E-state index contributed by atoms with van der Waals surface area (Å²) in [5.74, 6) is 1.61. The van der Waals surface area contributed by atoms with E-state index in [-0.39, 0.29) is 29.6 Å². The maximum Gasteiger partial charge on any atom is 0.257 e. The Kier molecular flexibility index (Phi) is 8.15. The molecule has 0 aliphatic carbocycles. The lowest BCUT2D eigenvalue weighted by molar-refractivity contribution is 0.0264. The van der Waals surface area contributed by atoms with Crippen molar-refractivity contribution in [3.8, 4) is 22.8 Å². The van der Waals surface area contributed by atoms with Gasteiger partial charge in [-0.1, -0.05) is 35.0 Å². The van der Waals surface area contributed by atoms with Crippen LogP contribution in [0.3, 0.4) is 0 Å². The molecule has 1 fully saturated rings. The zero-order valence-electron chi connectivity index (χ0n) is 26.2. The van der Waals surface area contributed by atoms with Crippen molar-refractivity contribution in [2.45, 2.75) is 71.2 Å². The molecule has 1 saturated heterocycles. The first-order chi connectivity index (χ1) is 21.0. The molecule has 0 bridgehead atoms. The zero-order valence-corrected chi connectivity index (χ0v) is 27.0. The van der Waals surface area contributed by atoms with Crippen LogP contribution >= 0.6 is 11.6 Å². The summed E-state index contributed by atoms with van der Waals surface area (Å²) in [5, 5.41) is 14.5. The van der Waals surface area contributed by atoms with Crippen LogP contribution in [0.1, 0.15) is 68.7 Å². The molecule has 0 radical (unpaired) electrons. The number of ether oxygens (including phenoxy) is 2. The molecule has 2 aromatic carbocycles. The van der Waals surface area contributed by atoms with E-state index in [0.717, 1.165) is 34.7 Å². The summed E-state index contributed by atoms with van der Waals surface area (Å²) in [4.78, 5) is 18.4. The minimum atomic E-state index is -0.288. The van der Waals surface area contributed by atoms with Crippen LogP contribution in [0, 0.1) is 0 Å². The SMILES string of the molecule is COc1ccc2c(c1)[C@H](n1cc(CN3[C@H](C)CN(C(=O)c4cn(C(C)(C)C)nc4-c4ccccc4Cl)C[C@@H]3C)nn1)CCO2. The number of rotatable bonds is 6. The monoisotopic (exact) mass is 617 g/mol. The number of amides is 1. The molecule has 3 atom stereocenters. The van der Waals surface area contributed by atoms with Gasteiger partial charge in [0.2, 0.25) is 0 Å². The van der Waals surface area contributed by atoms with Crippen molar-refractivity contribution in [3.63, 3.8) is 0 Å². The first-order valence-electron chi connectivity index (χ1n) is 15.1. The van der Waals surface area contributed by atoms with E-state index < -0.39 is 0 Å². The molecule has 232 valence electrons. The third-order valence-corrected chi connectivity index (χ3v) is 8.93. The fourth-order valence-electron chi connectivity index (χ4n) is 6.21. The van der Waals surface area contributed by atoms with Crippen LogP contribution in [0.15, 0.2) is 54.9 Å². The summed E-state index contributed by atoms with van der Waals surface area (Å²) in [6.07, 6.45) is 4.70. The molecule has 11 heteroatoms. The van der Waals surface area contributed by atoms with Gasteiger partial charge < -0.3 is 14.4 Å². The lowest BCUT2D eigenvalue weighted by Crippen LogP contribution is -2.57. The summed E-state index contributed by atoms with van der Waals surface area (Å²) >= 11 is 6.57. The van der Waals surface area contributed by atoms with E-state index in [9.17, 15) is 4.79 Å². The second kappa shape index (κ2) is 11.9. The highest BCUT2D eigenvalue weighted by Crippen LogP contribution is 2.37. The van der Waals surface area contributed by atoms with Gasteiger partial charge in [0, 0.05) is 55.5 Å². The average molecular weight is 618 g/mol. The molecular formula is C33H40ClN7O3. The number of halogens is 1. The van der Waals surface area contributed by atoms with Gasteiger partial charge in [0.1, 0.15) is 17.2 Å². The van der Waals surface area contributed by atoms with E-state index in [1.807, 2.05) is 69.1 Å². The highest BCUT2D eigenvalue weighted by atomic mass is 35.5. The third kappa shape index (κ3) is 5.80. The maximum absolute atomic E-state index is 14.1. The van der Waals surface area contributed by atoms with E-state index in [1.54, 1.807) is 7.11 Å². The first-order valence-corrected chi connectivity index (χ1v) is 15.5. The van der Waals surface area contributed by atoms with Crippen molar-refractivity contribution in [2.75, 3.05) is 26.8 Å². The number of piperazine rings is 1. The van der Waals surface area contributed by atoms with Gasteiger partial charge in [0.15, 0.2) is 0 Å². The molecule has 0 spiro atoms. The van der Waals surface area contributed by atoms with Crippen LogP contribution in [0.5, 0.6) is 11.5 Å². The molecule has 10 nitrogen and oxygen atoms in total. The molecule has 0 N–H and O–H groups in total. The Bertz CT molecular complexity index is 1650. The van der Waals surface area contributed by atoms with Gasteiger partial charge in [-0.05, 0) is 58.9 Å². The molecule has 4 heterocycles. The number of hydrogen-bond donors (Lipinski definition) is 0. The number of methoxy groups -OCH3 is 1. The van der Waals surface area contributed by atoms with Gasteiger partial charge in [-0.15, -0.1) is 5.10 Å². The second-order valence-corrected chi connectivity index (χ2v) is 13.2. The van der Waals surface area contributed by atoms with Crippen LogP contribution in [0.2, 0.25) is 5.02 Å². The molecular weight excluding hydrogens is 578 g/mol. The minimum absolute atomic E-state index is 0.0285. The van der Waals surface area contributed by atoms with Crippen LogP contribution < -0.4 is 9.47 Å². The number of aromatic nitrogens is 5. The Hall–Kier alpha value is -3.89. The molecule has 1 amide bonds. The van der Waals surface area contributed by atoms with Crippen LogP contribution in [0.25, 0.3) is 11.3 Å². The van der Waals surface area contributed by atoms with E-state index in [0.29, 0.717) is 42.5 Å². The Morgan fingerprint density at radius 2 is 1.84 bits per heavy atom. The number of benzene rings is 2. The van der Waals surface area contributed by atoms with Crippen molar-refractivity contribution < 1.29 is 14.3 Å². The third-order valence-electron chi connectivity index (χ3n) is 8.60. The van der Waals surface area contributed by atoms with Gasteiger partial charge >= 0.3 is 0 Å². The molecule has 2 aliphatic heterocycles. The Labute approximate surface area is 263 Å². The van der Waals surface area contributed by atoms with Crippen LogP contribution in [0.4, 0.5) is 0 Å². The van der Waals surface area contributed by atoms with E-state index >= 15 is 0 Å². The highest BCUT2D eigenvalue weighted by molar-refractivity contribution is 6.33. The van der Waals surface area contributed by atoms with Crippen molar-refractivity contribution in [3.05, 3.63) is 76.7 Å². The van der Waals surface area contributed by atoms with Gasteiger partial charge in [-0.25, -0.2) is 4.68 Å². The first kappa shape index (κ1) is 30.1. The number of nitrogens with zero attached hydrogens (tertiary/aromatic N) is 7. The van der Waals surface area contributed by atoms with E-state index in [2.05, 4.69) is 49.8 Å². The standard InChI is InChI=1S/C33H40ClN7O3/c1-21-16-38(32(42)27-20-41(33(3,4)5)36-31(27)25-9-7-8-10-28(25)34)17-22(2)39(21)18-23-19-40(37-35-23)29-13-14-44-30-12-11-24(43-6)15-26(29)30/h7-12,15,19-22,29H,13-14,16-18H2,1-6H3/t21-,22+,29-/m1/s1. The minimum Gasteiger partial charge on any atom is -0.497 e. The topological polar surface area (TPSA) is 90.5 Å². The average Bonchev–Trinajstić information content (AvgIpc) is 3.66. The predicted octanol–water partition coefficient (Wildman–Crippen LogP) is 5.67. The molecule has 2 aliphatic rings. The van der Waals surface area contributed by atoms with Crippen molar-refractivity contribution in [1.82, 2.24) is 34.6 Å². The lowest BCUT2D eigenvalue weighted by Gasteiger charge is -2.44. The van der Waals surface area contributed by atoms with Crippen molar-refractivity contribution in [2.24, 2.45) is 0 Å². The zero-order chi connectivity index (χ0) is 31.2. The molecule has 6 rings (SSSR count). The molecule has 0 unspecified atom stereocenters. The van der Waals surface area contributed by atoms with Gasteiger partial charge in [-0.2, -0.15) is 5.10 Å². The van der Waals surface area contributed by atoms with E-state index in [4.69, 9.17) is 26.2 Å². The van der Waals surface area contributed by atoms with Crippen molar-refractivity contribution >= 4 is 17.5 Å². The fraction of sp³-hybridized carbons (Fsp3) is 0.455. The Morgan fingerprint density at radius 3 is 2.55 bits per heavy atom. The number of fused-ring (bicyclic) bond motifs is 1. The quantitative estimate of drug-likeness (QED) is 0.276. The van der Waals surface area contributed by atoms with Crippen molar-refractivity contribution in [1.29, 1.82) is 0 Å². The maximum atomic E-state index is 14.1. The summed E-state index contributed by atoms with van der Waals surface area (Å²) in [5.41, 5.74) is 3.59. The fourth-order valence-corrected chi connectivity index (χ4v) is 6.44. The normalized spacial score (nSPS) is 20.7. The predicted molar refractivity (Wildman–Crippen MR) is 169 cm³/mol. The van der Waals surface area contributed by atoms with Gasteiger partial charge in [0.25, 0.3) is 5.91 Å². The van der Waals surface area contributed by atoms with Crippen LogP contribution in [-0.4, -0.2) is 79.4 Å².